The van der Waals surface area contributed by atoms with Gasteiger partial charge in [0.1, 0.15) is 11.3 Å². The number of benzene rings is 2. The number of thiazole rings is 1. The molecule has 0 spiro atoms. The molecule has 0 aliphatic rings. The van der Waals surface area contributed by atoms with Crippen molar-refractivity contribution >= 4 is 27.5 Å². The van der Waals surface area contributed by atoms with E-state index in [1.807, 2.05) is 61.0 Å². The number of hydrogen-bond donors (Lipinski definition) is 0. The molecule has 3 aromatic rings. The fraction of sp³-hybridized carbons (Fsp3) is 0.222. The van der Waals surface area contributed by atoms with Crippen molar-refractivity contribution in [3.63, 3.8) is 0 Å². The number of aromatic nitrogens is 1. The predicted octanol–water partition coefficient (Wildman–Crippen LogP) is 3.23. The Hall–Kier alpha value is -2.40. The molecule has 0 aliphatic carbocycles. The maximum absolute atomic E-state index is 12.2. The highest BCUT2D eigenvalue weighted by Gasteiger charge is 2.12. The third-order valence-electron chi connectivity index (χ3n) is 3.75. The maximum atomic E-state index is 12.2. The average molecular weight is 326 g/mol. The van der Waals surface area contributed by atoms with Crippen molar-refractivity contribution in [2.24, 2.45) is 12.0 Å². The standard InChI is InChI=1S/C18H18N2O2S/c1-12-9-10-14(22-3)16-17(12)23-18(20(16)2)19-15(21)11-13-7-5-4-6-8-13/h4-10H,11H2,1-3H3. The average Bonchev–Trinajstić information content (AvgIpc) is 2.87. The van der Waals surface area contributed by atoms with Crippen molar-refractivity contribution in [3.8, 4) is 5.75 Å². The molecule has 118 valence electrons. The molecule has 23 heavy (non-hydrogen) atoms. The zero-order chi connectivity index (χ0) is 16.4. The lowest BCUT2D eigenvalue weighted by Gasteiger charge is -2.05. The van der Waals surface area contributed by atoms with E-state index in [1.165, 1.54) is 11.3 Å². The van der Waals surface area contributed by atoms with Crippen LogP contribution in [0.2, 0.25) is 0 Å². The van der Waals surface area contributed by atoms with E-state index in [4.69, 9.17) is 4.74 Å². The molecule has 5 heteroatoms. The number of amides is 1. The molecule has 1 aromatic heterocycles. The molecule has 0 unspecified atom stereocenters. The minimum absolute atomic E-state index is 0.144. The number of methoxy groups -OCH3 is 1. The van der Waals surface area contributed by atoms with Crippen LogP contribution in [0.4, 0.5) is 0 Å². The van der Waals surface area contributed by atoms with Gasteiger partial charge in [0.2, 0.25) is 0 Å². The van der Waals surface area contributed by atoms with Gasteiger partial charge in [-0.25, -0.2) is 0 Å². The van der Waals surface area contributed by atoms with Gasteiger partial charge < -0.3 is 9.30 Å². The Kier molecular flexibility index (Phi) is 4.30. The van der Waals surface area contributed by atoms with Gasteiger partial charge in [0.15, 0.2) is 4.80 Å². The van der Waals surface area contributed by atoms with Crippen molar-refractivity contribution in [2.75, 3.05) is 7.11 Å². The van der Waals surface area contributed by atoms with Gasteiger partial charge in [-0.1, -0.05) is 47.7 Å². The summed E-state index contributed by atoms with van der Waals surface area (Å²) in [7, 11) is 3.56. The van der Waals surface area contributed by atoms with Crippen LogP contribution in [-0.4, -0.2) is 17.6 Å². The lowest BCUT2D eigenvalue weighted by Crippen LogP contribution is -2.14. The normalized spacial score (nSPS) is 11.9. The molecule has 0 radical (unpaired) electrons. The highest BCUT2D eigenvalue weighted by atomic mass is 32.1. The van der Waals surface area contributed by atoms with Crippen molar-refractivity contribution in [1.82, 2.24) is 4.57 Å². The number of nitrogens with zero attached hydrogens (tertiary/aromatic N) is 2. The lowest BCUT2D eigenvalue weighted by atomic mass is 10.1. The minimum Gasteiger partial charge on any atom is -0.495 e. The Morgan fingerprint density at radius 3 is 2.65 bits per heavy atom. The third kappa shape index (κ3) is 3.05. The van der Waals surface area contributed by atoms with Crippen LogP contribution < -0.4 is 9.54 Å². The van der Waals surface area contributed by atoms with Crippen LogP contribution in [0.5, 0.6) is 5.75 Å². The summed E-state index contributed by atoms with van der Waals surface area (Å²) in [6, 6.07) is 13.6. The summed E-state index contributed by atoms with van der Waals surface area (Å²) in [5.74, 6) is 0.649. The summed E-state index contributed by atoms with van der Waals surface area (Å²) in [6.07, 6.45) is 0.311. The Labute approximate surface area is 138 Å². The molecular weight excluding hydrogens is 308 g/mol. The molecule has 4 nitrogen and oxygen atoms in total. The van der Waals surface area contributed by atoms with Gasteiger partial charge >= 0.3 is 0 Å². The van der Waals surface area contributed by atoms with Gasteiger partial charge in [-0.2, -0.15) is 4.99 Å². The van der Waals surface area contributed by atoms with Gasteiger partial charge in [-0.05, 0) is 24.1 Å². The van der Waals surface area contributed by atoms with E-state index >= 15 is 0 Å². The van der Waals surface area contributed by atoms with Gasteiger partial charge in [0.05, 0.1) is 18.2 Å². The molecule has 3 rings (SSSR count). The Balaban J connectivity index is 2.04. The van der Waals surface area contributed by atoms with Crippen molar-refractivity contribution in [3.05, 3.63) is 58.4 Å². The van der Waals surface area contributed by atoms with E-state index in [0.717, 1.165) is 27.1 Å². The van der Waals surface area contributed by atoms with E-state index < -0.39 is 0 Å². The third-order valence-corrected chi connectivity index (χ3v) is 5.01. The largest absolute Gasteiger partial charge is 0.495 e. The SMILES string of the molecule is COc1ccc(C)c2sc(=NC(=O)Cc3ccccc3)n(C)c12. The van der Waals surface area contributed by atoms with Crippen LogP contribution in [0, 0.1) is 6.92 Å². The fourth-order valence-corrected chi connectivity index (χ4v) is 3.66. The number of carbonyl (C=O) groups is 1. The number of rotatable bonds is 3. The van der Waals surface area contributed by atoms with Crippen molar-refractivity contribution in [2.45, 2.75) is 13.3 Å². The van der Waals surface area contributed by atoms with Gasteiger partial charge in [-0.3, -0.25) is 4.79 Å². The maximum Gasteiger partial charge on any atom is 0.252 e. The molecule has 0 fully saturated rings. The van der Waals surface area contributed by atoms with Gasteiger partial charge in [0, 0.05) is 7.05 Å². The minimum atomic E-state index is -0.144. The smallest absolute Gasteiger partial charge is 0.252 e. The Morgan fingerprint density at radius 1 is 1.22 bits per heavy atom. The first-order valence-electron chi connectivity index (χ1n) is 7.34. The zero-order valence-corrected chi connectivity index (χ0v) is 14.2. The van der Waals surface area contributed by atoms with E-state index in [2.05, 4.69) is 4.99 Å². The van der Waals surface area contributed by atoms with Crippen LogP contribution in [0.25, 0.3) is 10.2 Å². The molecule has 0 atom stereocenters. The van der Waals surface area contributed by atoms with Crippen molar-refractivity contribution in [1.29, 1.82) is 0 Å². The van der Waals surface area contributed by atoms with Crippen LogP contribution in [0.1, 0.15) is 11.1 Å². The van der Waals surface area contributed by atoms with Gasteiger partial charge in [0.25, 0.3) is 5.91 Å². The number of ether oxygens (including phenoxy) is 1. The first-order valence-corrected chi connectivity index (χ1v) is 8.16. The summed E-state index contributed by atoms with van der Waals surface area (Å²) in [6.45, 7) is 2.05. The second kappa shape index (κ2) is 6.38. The molecular formula is C18H18N2O2S. The van der Waals surface area contributed by atoms with Crippen LogP contribution in [-0.2, 0) is 18.3 Å². The number of hydrogen-bond acceptors (Lipinski definition) is 3. The van der Waals surface area contributed by atoms with E-state index in [9.17, 15) is 4.79 Å². The van der Waals surface area contributed by atoms with E-state index in [0.29, 0.717) is 11.2 Å². The zero-order valence-electron chi connectivity index (χ0n) is 13.4. The second-order valence-corrected chi connectivity index (χ2v) is 6.35. The van der Waals surface area contributed by atoms with Crippen LogP contribution in [0.3, 0.4) is 0 Å². The monoisotopic (exact) mass is 326 g/mol. The highest BCUT2D eigenvalue weighted by molar-refractivity contribution is 7.16. The Bertz CT molecular complexity index is 923. The van der Waals surface area contributed by atoms with Crippen molar-refractivity contribution < 1.29 is 9.53 Å². The predicted molar refractivity (Wildman–Crippen MR) is 92.8 cm³/mol. The Morgan fingerprint density at radius 2 is 1.96 bits per heavy atom. The molecule has 2 aromatic carbocycles. The summed E-state index contributed by atoms with van der Waals surface area (Å²) in [5, 5.41) is 0. The molecule has 1 heterocycles. The topological polar surface area (TPSA) is 43.6 Å². The highest BCUT2D eigenvalue weighted by Crippen LogP contribution is 2.29. The molecule has 0 aliphatic heterocycles. The molecule has 0 saturated carbocycles. The first kappa shape index (κ1) is 15.5. The molecule has 1 amide bonds. The number of aryl methyl sites for hydroxylation is 2. The van der Waals surface area contributed by atoms with Crippen LogP contribution in [0.15, 0.2) is 47.5 Å². The number of carbonyl (C=O) groups excluding carboxylic acids is 1. The summed E-state index contributed by atoms with van der Waals surface area (Å²) in [5.41, 5.74) is 3.10. The summed E-state index contributed by atoms with van der Waals surface area (Å²) >= 11 is 1.51. The molecule has 0 saturated heterocycles. The molecule has 0 N–H and O–H groups in total. The second-order valence-electron chi connectivity index (χ2n) is 5.37. The fourth-order valence-electron chi connectivity index (χ4n) is 2.54. The van der Waals surface area contributed by atoms with Crippen LogP contribution >= 0.6 is 11.3 Å². The quantitative estimate of drug-likeness (QED) is 0.742. The van der Waals surface area contributed by atoms with Gasteiger partial charge in [-0.15, -0.1) is 0 Å². The molecule has 0 bridgehead atoms. The lowest BCUT2D eigenvalue weighted by molar-refractivity contribution is -0.117. The van der Waals surface area contributed by atoms with E-state index in [1.54, 1.807) is 7.11 Å². The summed E-state index contributed by atoms with van der Waals surface area (Å²) < 4.78 is 8.46. The summed E-state index contributed by atoms with van der Waals surface area (Å²) in [4.78, 5) is 17.2. The number of fused-ring (bicyclic) bond motifs is 1. The first-order chi connectivity index (χ1) is 11.1. The van der Waals surface area contributed by atoms with E-state index in [-0.39, 0.29) is 5.91 Å².